The van der Waals surface area contributed by atoms with Crippen LogP contribution in [0.5, 0.6) is 11.5 Å². The minimum atomic E-state index is 0.352. The van der Waals surface area contributed by atoms with Gasteiger partial charge in [0.2, 0.25) is 0 Å². The van der Waals surface area contributed by atoms with Gasteiger partial charge in [0.25, 0.3) is 0 Å². The second-order valence-electron chi connectivity index (χ2n) is 2.65. The summed E-state index contributed by atoms with van der Waals surface area (Å²) in [6.45, 7) is 1.83. The van der Waals surface area contributed by atoms with Gasteiger partial charge in [-0.2, -0.15) is 0 Å². The van der Waals surface area contributed by atoms with Crippen LogP contribution in [0.15, 0.2) is 17.3 Å². The first-order valence-electron chi connectivity index (χ1n) is 4.15. The summed E-state index contributed by atoms with van der Waals surface area (Å²) >= 11 is 0. The van der Waals surface area contributed by atoms with Crippen LogP contribution in [0.1, 0.15) is 12.5 Å². The third-order valence-electron chi connectivity index (χ3n) is 1.94. The Balaban J connectivity index is 3.27. The van der Waals surface area contributed by atoms with Crippen LogP contribution >= 0.6 is 0 Å². The van der Waals surface area contributed by atoms with Crippen LogP contribution in [0.4, 0.5) is 5.69 Å². The Morgan fingerprint density at radius 2 is 1.79 bits per heavy atom. The van der Waals surface area contributed by atoms with Crippen molar-refractivity contribution in [2.24, 2.45) is 5.18 Å². The van der Waals surface area contributed by atoms with E-state index in [1.807, 2.05) is 6.92 Å². The highest BCUT2D eigenvalue weighted by Crippen LogP contribution is 2.35. The van der Waals surface area contributed by atoms with E-state index in [4.69, 9.17) is 9.47 Å². The summed E-state index contributed by atoms with van der Waals surface area (Å²) in [5.74, 6) is 1.10. The zero-order chi connectivity index (χ0) is 10.6. The number of nitrogens with zero attached hydrogens (tertiary/aromatic N) is 1. The van der Waals surface area contributed by atoms with Gasteiger partial charge >= 0.3 is 0 Å². The summed E-state index contributed by atoms with van der Waals surface area (Å²) in [5, 5.41) is 2.91. The van der Waals surface area contributed by atoms with Crippen molar-refractivity contribution in [3.63, 3.8) is 0 Å². The van der Waals surface area contributed by atoms with E-state index in [2.05, 4.69) is 5.18 Å². The lowest BCUT2D eigenvalue weighted by atomic mass is 10.1. The molecule has 0 saturated heterocycles. The Kier molecular flexibility index (Phi) is 3.45. The molecular weight excluding hydrogens is 182 g/mol. The molecule has 0 N–H and O–H groups in total. The first-order chi connectivity index (χ1) is 6.76. The maximum atomic E-state index is 10.5. The van der Waals surface area contributed by atoms with Gasteiger partial charge in [-0.05, 0) is 23.2 Å². The van der Waals surface area contributed by atoms with Crippen LogP contribution in [-0.4, -0.2) is 14.2 Å². The van der Waals surface area contributed by atoms with Gasteiger partial charge in [0.05, 0.1) is 14.2 Å². The van der Waals surface area contributed by atoms with Crippen LogP contribution in [0.3, 0.4) is 0 Å². The summed E-state index contributed by atoms with van der Waals surface area (Å²) in [6, 6.07) is 3.27. The Morgan fingerprint density at radius 1 is 1.21 bits per heavy atom. The van der Waals surface area contributed by atoms with Gasteiger partial charge in [0.15, 0.2) is 11.5 Å². The maximum absolute atomic E-state index is 10.5. The number of methoxy groups -OCH3 is 2. The van der Waals surface area contributed by atoms with Crippen molar-refractivity contribution in [3.8, 4) is 11.5 Å². The van der Waals surface area contributed by atoms with Crippen molar-refractivity contribution in [3.05, 3.63) is 29.0 Å². The molecule has 0 aliphatic carbocycles. The molecule has 0 saturated carbocycles. The first kappa shape index (κ1) is 10.5. The fraction of sp³-hybridized carbons (Fsp3) is 0.300. The van der Waals surface area contributed by atoms with E-state index < -0.39 is 0 Å². The van der Waals surface area contributed by atoms with Gasteiger partial charge in [-0.1, -0.05) is 6.92 Å². The van der Waals surface area contributed by atoms with Gasteiger partial charge in [-0.25, -0.2) is 0 Å². The molecule has 0 amide bonds. The molecule has 1 aromatic rings. The van der Waals surface area contributed by atoms with Gasteiger partial charge in [0.1, 0.15) is 5.69 Å². The number of hydrogen-bond acceptors (Lipinski definition) is 4. The van der Waals surface area contributed by atoms with E-state index in [0.717, 1.165) is 5.56 Å². The van der Waals surface area contributed by atoms with Crippen LogP contribution in [0.2, 0.25) is 0 Å². The van der Waals surface area contributed by atoms with E-state index in [1.54, 1.807) is 25.7 Å². The molecule has 0 aliphatic heterocycles. The van der Waals surface area contributed by atoms with E-state index in [9.17, 15) is 4.91 Å². The molecule has 0 aromatic heterocycles. The number of hydrogen-bond donors (Lipinski definition) is 0. The van der Waals surface area contributed by atoms with E-state index in [0.29, 0.717) is 17.2 Å². The van der Waals surface area contributed by atoms with Crippen LogP contribution in [0.25, 0.3) is 0 Å². The monoisotopic (exact) mass is 194 g/mol. The molecule has 1 rings (SSSR count). The molecule has 14 heavy (non-hydrogen) atoms. The van der Waals surface area contributed by atoms with Crippen molar-refractivity contribution in [1.29, 1.82) is 0 Å². The lowest BCUT2D eigenvalue weighted by molar-refractivity contribution is 0.355. The molecule has 1 radical (unpaired) electrons. The van der Waals surface area contributed by atoms with Gasteiger partial charge < -0.3 is 9.47 Å². The standard InChI is InChI=1S/C10H12NO3/c1-4-7-5-9(13-2)10(14-3)6-8(7)11-12/h4-6H,1-3H3. The minimum Gasteiger partial charge on any atom is -0.493 e. The average Bonchev–Trinajstić information content (AvgIpc) is 2.26. The second-order valence-corrected chi connectivity index (χ2v) is 2.65. The van der Waals surface area contributed by atoms with Crippen molar-refractivity contribution in [2.45, 2.75) is 6.92 Å². The van der Waals surface area contributed by atoms with E-state index in [-0.39, 0.29) is 0 Å². The van der Waals surface area contributed by atoms with Crippen molar-refractivity contribution in [2.75, 3.05) is 14.2 Å². The summed E-state index contributed by atoms with van der Waals surface area (Å²) in [7, 11) is 3.06. The topological polar surface area (TPSA) is 47.9 Å². The number of nitroso groups, excluding NO2 is 1. The summed E-state index contributed by atoms with van der Waals surface area (Å²) < 4.78 is 10.1. The highest BCUT2D eigenvalue weighted by atomic mass is 16.5. The van der Waals surface area contributed by atoms with Crippen molar-refractivity contribution < 1.29 is 9.47 Å². The van der Waals surface area contributed by atoms with Gasteiger partial charge in [-0.3, -0.25) is 0 Å². The number of benzene rings is 1. The zero-order valence-corrected chi connectivity index (χ0v) is 8.40. The molecule has 0 fully saturated rings. The van der Waals surface area contributed by atoms with Crippen LogP contribution < -0.4 is 9.47 Å². The normalized spacial score (nSPS) is 9.64. The highest BCUT2D eigenvalue weighted by molar-refractivity contribution is 5.59. The predicted octanol–water partition coefficient (Wildman–Crippen LogP) is 2.67. The fourth-order valence-electron chi connectivity index (χ4n) is 1.19. The third kappa shape index (κ3) is 1.84. The largest absolute Gasteiger partial charge is 0.493 e. The maximum Gasteiger partial charge on any atom is 0.163 e. The van der Waals surface area contributed by atoms with E-state index in [1.165, 1.54) is 7.11 Å². The Bertz CT molecular complexity index is 336. The second kappa shape index (κ2) is 4.60. The molecule has 0 heterocycles. The first-order valence-corrected chi connectivity index (χ1v) is 4.15. The quantitative estimate of drug-likeness (QED) is 0.692. The van der Waals surface area contributed by atoms with Gasteiger partial charge in [0, 0.05) is 6.07 Å². The molecule has 0 unspecified atom stereocenters. The zero-order valence-electron chi connectivity index (χ0n) is 8.40. The predicted molar refractivity (Wildman–Crippen MR) is 54.1 cm³/mol. The molecule has 0 aliphatic rings. The Morgan fingerprint density at radius 3 is 2.21 bits per heavy atom. The third-order valence-corrected chi connectivity index (χ3v) is 1.94. The average molecular weight is 194 g/mol. The summed E-state index contributed by atoms with van der Waals surface area (Å²) in [4.78, 5) is 10.5. The molecule has 1 aromatic carbocycles. The smallest absolute Gasteiger partial charge is 0.163 e. The molecule has 0 spiro atoms. The van der Waals surface area contributed by atoms with Gasteiger partial charge in [-0.15, -0.1) is 4.91 Å². The fourth-order valence-corrected chi connectivity index (χ4v) is 1.19. The summed E-state index contributed by atoms with van der Waals surface area (Å²) in [5.41, 5.74) is 1.09. The highest BCUT2D eigenvalue weighted by Gasteiger charge is 2.10. The molecule has 0 bridgehead atoms. The van der Waals surface area contributed by atoms with Crippen LogP contribution in [-0.2, 0) is 0 Å². The van der Waals surface area contributed by atoms with E-state index >= 15 is 0 Å². The lowest BCUT2D eigenvalue weighted by Gasteiger charge is -2.09. The lowest BCUT2D eigenvalue weighted by Crippen LogP contribution is -1.92. The molecule has 75 valence electrons. The Labute approximate surface area is 82.8 Å². The van der Waals surface area contributed by atoms with Crippen molar-refractivity contribution in [1.82, 2.24) is 0 Å². The minimum absolute atomic E-state index is 0.352. The van der Waals surface area contributed by atoms with Crippen molar-refractivity contribution >= 4 is 5.69 Å². The number of ether oxygens (including phenoxy) is 2. The molecule has 4 nitrogen and oxygen atoms in total. The SMILES string of the molecule is C[CH]c1cc(OC)c(OC)cc1N=O. The molecule has 0 atom stereocenters. The molecular formula is C10H12NO3. The van der Waals surface area contributed by atoms with Crippen LogP contribution in [0, 0.1) is 11.3 Å². The number of rotatable bonds is 4. The molecule has 4 heteroatoms. The Hall–Kier alpha value is -1.58. The summed E-state index contributed by atoms with van der Waals surface area (Å²) in [6.07, 6.45) is 1.79.